The van der Waals surface area contributed by atoms with Crippen LogP contribution in [0.4, 0.5) is 11.4 Å². The molecule has 4 N–H and O–H groups in total. The number of para-hydroxylation sites is 1. The third-order valence-electron chi connectivity index (χ3n) is 7.17. The minimum Gasteiger partial charge on any atom is -0.478 e. The lowest BCUT2D eigenvalue weighted by Gasteiger charge is -2.34. The summed E-state index contributed by atoms with van der Waals surface area (Å²) in [6, 6.07) is 26.5. The Kier molecular flexibility index (Phi) is 14.7. The van der Waals surface area contributed by atoms with Crippen molar-refractivity contribution in [1.29, 1.82) is 0 Å². The van der Waals surface area contributed by atoms with Crippen molar-refractivity contribution in [1.82, 2.24) is 9.80 Å². The number of carboxylic acid groups (broad SMARTS) is 4. The van der Waals surface area contributed by atoms with E-state index >= 15 is 0 Å². The lowest BCUT2D eigenvalue weighted by molar-refractivity contribution is -0.134. The van der Waals surface area contributed by atoms with E-state index in [0.717, 1.165) is 6.54 Å². The van der Waals surface area contributed by atoms with Crippen molar-refractivity contribution in [2.75, 3.05) is 51.2 Å². The maximum absolute atomic E-state index is 9.55. The number of hydrogen-bond donors (Lipinski definition) is 4. The molecule has 3 aromatic rings. The fourth-order valence-corrected chi connectivity index (χ4v) is 5.98. The Labute approximate surface area is 278 Å². The normalized spacial score (nSPS) is 14.3. The van der Waals surface area contributed by atoms with Crippen molar-refractivity contribution in [2.45, 2.75) is 22.6 Å². The summed E-state index contributed by atoms with van der Waals surface area (Å²) in [6.07, 6.45) is 4.70. The summed E-state index contributed by atoms with van der Waals surface area (Å²) in [4.78, 5) is 48.5. The highest BCUT2D eigenvalue weighted by Gasteiger charge is 2.23. The Morgan fingerprint density at radius 3 is 1.70 bits per heavy atom. The van der Waals surface area contributed by atoms with Crippen LogP contribution < -0.4 is 4.90 Å². The Balaban J connectivity index is 0.000000312. The van der Waals surface area contributed by atoms with Crippen LogP contribution in [0.2, 0.25) is 0 Å². The first-order chi connectivity index (χ1) is 22.5. The number of likely N-dealkylation sites (N-methyl/N-ethyl adjacent to an activating group) is 1. The first-order valence-corrected chi connectivity index (χ1v) is 15.8. The lowest BCUT2D eigenvalue weighted by Crippen LogP contribution is -2.44. The van der Waals surface area contributed by atoms with Crippen LogP contribution in [0.25, 0.3) is 11.1 Å². The first-order valence-electron chi connectivity index (χ1n) is 15.0. The van der Waals surface area contributed by atoms with Crippen molar-refractivity contribution in [2.24, 2.45) is 0 Å². The molecule has 0 atom stereocenters. The molecule has 0 amide bonds. The summed E-state index contributed by atoms with van der Waals surface area (Å²) in [6.45, 7) is 7.12. The van der Waals surface area contributed by atoms with E-state index in [1.54, 1.807) is 0 Å². The second-order valence-corrected chi connectivity index (χ2v) is 11.7. The average molecular weight is 662 g/mol. The lowest BCUT2D eigenvalue weighted by atomic mass is 10.0. The van der Waals surface area contributed by atoms with Crippen LogP contribution in [0.1, 0.15) is 12.8 Å². The molecular formula is C35H39N3O8S. The van der Waals surface area contributed by atoms with Crippen molar-refractivity contribution >= 4 is 47.0 Å². The second kappa shape index (κ2) is 18.9. The minimum absolute atomic E-state index is 0.558. The zero-order chi connectivity index (χ0) is 34.2. The van der Waals surface area contributed by atoms with E-state index in [4.69, 9.17) is 20.4 Å². The Morgan fingerprint density at radius 1 is 0.617 bits per heavy atom. The van der Waals surface area contributed by atoms with Gasteiger partial charge in [-0.2, -0.15) is 0 Å². The summed E-state index contributed by atoms with van der Waals surface area (Å²) in [5.41, 5.74) is 5.28. The molecule has 2 aliphatic heterocycles. The number of unbranched alkanes of at least 4 members (excludes halogenated alkanes) is 1. The Bertz CT molecular complexity index is 1500. The fraction of sp³-hybridized carbons (Fsp3) is 0.257. The van der Waals surface area contributed by atoms with Crippen LogP contribution in [0.3, 0.4) is 0 Å². The smallest absolute Gasteiger partial charge is 0.328 e. The van der Waals surface area contributed by atoms with Gasteiger partial charge in [0.2, 0.25) is 0 Å². The molecule has 0 aliphatic carbocycles. The summed E-state index contributed by atoms with van der Waals surface area (Å²) in [5, 5.41) is 31.2. The molecule has 11 nitrogen and oxygen atoms in total. The van der Waals surface area contributed by atoms with E-state index in [2.05, 4.69) is 94.5 Å². The summed E-state index contributed by atoms with van der Waals surface area (Å²) < 4.78 is 0. The molecule has 1 fully saturated rings. The van der Waals surface area contributed by atoms with Crippen LogP contribution >= 0.6 is 11.8 Å². The van der Waals surface area contributed by atoms with E-state index in [9.17, 15) is 19.2 Å². The molecule has 1 saturated heterocycles. The third-order valence-corrected chi connectivity index (χ3v) is 8.28. The predicted octanol–water partition coefficient (Wildman–Crippen LogP) is 5.41. The summed E-state index contributed by atoms with van der Waals surface area (Å²) in [5.74, 6) is -5.03. The SMILES string of the molecule is CN1CCN(CCCCN2c3ccccc3Sc3cc(-c4ccccc4)ccc32)CC1.O=C(O)/C=C\C(=O)O.O=C(O)/C=C\C(=O)O. The molecule has 47 heavy (non-hydrogen) atoms. The molecular weight excluding hydrogens is 622 g/mol. The molecule has 2 aliphatic rings. The van der Waals surface area contributed by atoms with Crippen LogP contribution in [0.15, 0.2) is 107 Å². The van der Waals surface area contributed by atoms with E-state index in [1.807, 2.05) is 11.8 Å². The van der Waals surface area contributed by atoms with Crippen LogP contribution in [0.5, 0.6) is 0 Å². The molecule has 0 bridgehead atoms. The average Bonchev–Trinajstić information content (AvgIpc) is 3.06. The number of carbonyl (C=O) groups is 4. The molecule has 0 saturated carbocycles. The number of nitrogens with zero attached hydrogens (tertiary/aromatic N) is 3. The topological polar surface area (TPSA) is 159 Å². The van der Waals surface area contributed by atoms with Crippen molar-refractivity contribution in [3.05, 3.63) is 97.1 Å². The van der Waals surface area contributed by atoms with Gasteiger partial charge in [0.25, 0.3) is 0 Å². The summed E-state index contributed by atoms with van der Waals surface area (Å²) in [7, 11) is 2.23. The van der Waals surface area contributed by atoms with Crippen molar-refractivity contribution in [3.8, 4) is 11.1 Å². The highest BCUT2D eigenvalue weighted by molar-refractivity contribution is 7.99. The number of carboxylic acids is 4. The molecule has 248 valence electrons. The molecule has 2 heterocycles. The Hall–Kier alpha value is -4.91. The third kappa shape index (κ3) is 12.8. The van der Waals surface area contributed by atoms with E-state index < -0.39 is 23.9 Å². The number of fused-ring (bicyclic) bond motifs is 2. The van der Waals surface area contributed by atoms with Crippen molar-refractivity contribution in [3.63, 3.8) is 0 Å². The highest BCUT2D eigenvalue weighted by Crippen LogP contribution is 2.49. The molecule has 3 aromatic carbocycles. The van der Waals surface area contributed by atoms with Gasteiger partial charge >= 0.3 is 23.9 Å². The second-order valence-electron chi connectivity index (χ2n) is 10.6. The first kappa shape index (κ1) is 36.6. The van der Waals surface area contributed by atoms with E-state index in [0.29, 0.717) is 24.3 Å². The molecule has 5 rings (SSSR count). The van der Waals surface area contributed by atoms with Gasteiger partial charge in [0.1, 0.15) is 0 Å². The largest absolute Gasteiger partial charge is 0.478 e. The summed E-state index contributed by atoms with van der Waals surface area (Å²) >= 11 is 1.90. The van der Waals surface area contributed by atoms with Gasteiger partial charge in [-0.15, -0.1) is 0 Å². The number of aliphatic carboxylic acids is 4. The molecule has 0 radical (unpaired) electrons. The predicted molar refractivity (Wildman–Crippen MR) is 181 cm³/mol. The molecule has 0 aromatic heterocycles. The zero-order valence-corrected chi connectivity index (χ0v) is 26.9. The van der Waals surface area contributed by atoms with Crippen LogP contribution in [-0.4, -0.2) is 100 Å². The maximum Gasteiger partial charge on any atom is 0.328 e. The van der Waals surface area contributed by atoms with Gasteiger partial charge in [0, 0.05) is 66.8 Å². The number of rotatable bonds is 10. The van der Waals surface area contributed by atoms with E-state index in [-0.39, 0.29) is 0 Å². The van der Waals surface area contributed by atoms with Gasteiger partial charge in [-0.1, -0.05) is 60.3 Å². The quantitative estimate of drug-likeness (QED) is 0.162. The molecule has 0 spiro atoms. The number of anilines is 2. The van der Waals surface area contributed by atoms with Gasteiger partial charge in [0.05, 0.1) is 11.4 Å². The molecule has 0 unspecified atom stereocenters. The van der Waals surface area contributed by atoms with Crippen molar-refractivity contribution < 1.29 is 39.6 Å². The standard InChI is InChI=1S/C27H31N3S.2C4H4O4/c1-28-17-19-29(20-18-28)15-7-8-16-30-24-11-5-6-12-26(24)31-27-21-23(13-14-25(27)30)22-9-3-2-4-10-22;2*5-3(6)1-2-4(7)8/h2-6,9-14,21H,7-8,15-20H2,1H3;2*1-2H,(H,5,6)(H,7,8)/b;2*2-1-. The van der Waals surface area contributed by atoms with Gasteiger partial charge in [-0.3, -0.25) is 0 Å². The van der Waals surface area contributed by atoms with Gasteiger partial charge in [0.15, 0.2) is 0 Å². The van der Waals surface area contributed by atoms with Gasteiger partial charge in [-0.05, 0) is 61.8 Å². The van der Waals surface area contributed by atoms with Crippen LogP contribution in [0, 0.1) is 0 Å². The number of benzene rings is 3. The maximum atomic E-state index is 9.55. The number of hydrogen-bond acceptors (Lipinski definition) is 8. The molecule has 12 heteroatoms. The number of piperazine rings is 1. The zero-order valence-electron chi connectivity index (χ0n) is 26.1. The fourth-order valence-electron chi connectivity index (χ4n) is 4.85. The van der Waals surface area contributed by atoms with Gasteiger partial charge in [-0.25, -0.2) is 19.2 Å². The monoisotopic (exact) mass is 661 g/mol. The van der Waals surface area contributed by atoms with Gasteiger partial charge < -0.3 is 35.1 Å². The van der Waals surface area contributed by atoms with E-state index in [1.165, 1.54) is 77.9 Å². The van der Waals surface area contributed by atoms with Crippen LogP contribution in [-0.2, 0) is 19.2 Å². The minimum atomic E-state index is -1.26. The highest BCUT2D eigenvalue weighted by atomic mass is 32.2. The Morgan fingerprint density at radius 2 is 1.13 bits per heavy atom.